The number of carboxylic acid groups (broad SMARTS) is 1. The first-order chi connectivity index (χ1) is 11.0. The number of carbonyl (C=O) groups is 2. The number of amides is 2. The molecule has 2 aromatic rings. The minimum atomic E-state index is -1.36. The van der Waals surface area contributed by atoms with Gasteiger partial charge in [0, 0.05) is 6.54 Å². The monoisotopic (exact) mass is 315 g/mol. The SMILES string of the molecule is O=C(NCc1ccc(F)cc1)N[C@@H](Cc1ccccc1)C(=O)[O-]. The molecule has 0 saturated carbocycles. The van der Waals surface area contributed by atoms with Crippen LogP contribution < -0.4 is 15.7 Å². The van der Waals surface area contributed by atoms with Crippen molar-refractivity contribution in [2.75, 3.05) is 0 Å². The van der Waals surface area contributed by atoms with Crippen molar-refractivity contribution in [2.45, 2.75) is 19.0 Å². The largest absolute Gasteiger partial charge is 0.548 e. The maximum Gasteiger partial charge on any atom is 0.315 e. The van der Waals surface area contributed by atoms with Crippen molar-refractivity contribution in [3.05, 3.63) is 71.5 Å². The second kappa shape index (κ2) is 7.93. The van der Waals surface area contributed by atoms with Crippen LogP contribution >= 0.6 is 0 Å². The predicted molar refractivity (Wildman–Crippen MR) is 80.7 cm³/mol. The standard InChI is InChI=1S/C17H17FN2O3/c18-14-8-6-13(7-9-14)11-19-17(23)20-15(16(21)22)10-12-4-2-1-3-5-12/h1-9,15H,10-11H2,(H,21,22)(H2,19,20,23)/p-1/t15-/m0/s1. The third kappa shape index (κ3) is 5.43. The van der Waals surface area contributed by atoms with Gasteiger partial charge in [-0.3, -0.25) is 0 Å². The van der Waals surface area contributed by atoms with Crippen LogP contribution in [0.25, 0.3) is 0 Å². The van der Waals surface area contributed by atoms with Crippen molar-refractivity contribution in [3.63, 3.8) is 0 Å². The van der Waals surface area contributed by atoms with Gasteiger partial charge in [0.2, 0.25) is 0 Å². The maximum absolute atomic E-state index is 12.8. The van der Waals surface area contributed by atoms with Crippen molar-refractivity contribution >= 4 is 12.0 Å². The van der Waals surface area contributed by atoms with Gasteiger partial charge in [0.25, 0.3) is 0 Å². The summed E-state index contributed by atoms with van der Waals surface area (Å²) in [4.78, 5) is 23.0. The molecule has 0 spiro atoms. The van der Waals surface area contributed by atoms with Crippen LogP contribution in [0.4, 0.5) is 9.18 Å². The Hall–Kier alpha value is -2.89. The van der Waals surface area contributed by atoms with Gasteiger partial charge in [0.05, 0.1) is 12.0 Å². The molecule has 2 N–H and O–H groups in total. The van der Waals surface area contributed by atoms with Crippen LogP contribution in [-0.2, 0) is 17.8 Å². The Bertz CT molecular complexity index is 659. The van der Waals surface area contributed by atoms with E-state index in [1.807, 2.05) is 6.07 Å². The van der Waals surface area contributed by atoms with Gasteiger partial charge in [-0.2, -0.15) is 0 Å². The number of nitrogens with one attached hydrogen (secondary N) is 2. The van der Waals surface area contributed by atoms with Crippen LogP contribution in [0, 0.1) is 5.82 Å². The molecule has 0 aliphatic heterocycles. The molecule has 0 saturated heterocycles. The van der Waals surface area contributed by atoms with Crippen LogP contribution in [0.1, 0.15) is 11.1 Å². The number of benzene rings is 2. The summed E-state index contributed by atoms with van der Waals surface area (Å²) < 4.78 is 12.8. The van der Waals surface area contributed by atoms with E-state index < -0.39 is 18.0 Å². The van der Waals surface area contributed by atoms with Gasteiger partial charge in [-0.15, -0.1) is 0 Å². The Kier molecular flexibility index (Phi) is 5.68. The molecule has 120 valence electrons. The first-order valence-corrected chi connectivity index (χ1v) is 7.08. The number of hydrogen-bond donors (Lipinski definition) is 2. The lowest BCUT2D eigenvalue weighted by atomic mass is 10.1. The second-order valence-corrected chi connectivity index (χ2v) is 5.01. The molecule has 0 aromatic heterocycles. The summed E-state index contributed by atoms with van der Waals surface area (Å²) >= 11 is 0. The molecule has 0 aliphatic carbocycles. The van der Waals surface area contributed by atoms with Crippen molar-refractivity contribution < 1.29 is 19.1 Å². The molecule has 23 heavy (non-hydrogen) atoms. The normalized spacial score (nSPS) is 11.5. The van der Waals surface area contributed by atoms with Gasteiger partial charge in [-0.05, 0) is 29.7 Å². The van der Waals surface area contributed by atoms with Crippen molar-refractivity contribution in [1.29, 1.82) is 0 Å². The Morgan fingerprint density at radius 1 is 1.00 bits per heavy atom. The van der Waals surface area contributed by atoms with Crippen LogP contribution in [0.15, 0.2) is 54.6 Å². The Morgan fingerprint density at radius 2 is 1.65 bits per heavy atom. The lowest BCUT2D eigenvalue weighted by Crippen LogP contribution is -2.51. The highest BCUT2D eigenvalue weighted by atomic mass is 19.1. The van der Waals surface area contributed by atoms with E-state index in [4.69, 9.17) is 0 Å². The molecule has 1 atom stereocenters. The smallest absolute Gasteiger partial charge is 0.315 e. The third-order valence-electron chi connectivity index (χ3n) is 3.24. The highest BCUT2D eigenvalue weighted by molar-refractivity contribution is 5.81. The number of carbonyl (C=O) groups excluding carboxylic acids is 2. The fraction of sp³-hybridized carbons (Fsp3) is 0.176. The second-order valence-electron chi connectivity index (χ2n) is 5.01. The number of halogens is 1. The topological polar surface area (TPSA) is 81.3 Å². The first kappa shape index (κ1) is 16.5. The minimum Gasteiger partial charge on any atom is -0.548 e. The van der Waals surface area contributed by atoms with Crippen molar-refractivity contribution in [1.82, 2.24) is 10.6 Å². The number of carboxylic acids is 1. The predicted octanol–water partition coefficient (Wildman–Crippen LogP) is 0.986. The van der Waals surface area contributed by atoms with Gasteiger partial charge in [0.15, 0.2) is 0 Å². The quantitative estimate of drug-likeness (QED) is 0.834. The van der Waals surface area contributed by atoms with E-state index in [0.717, 1.165) is 5.56 Å². The molecule has 0 heterocycles. The van der Waals surface area contributed by atoms with Gasteiger partial charge in [0.1, 0.15) is 5.82 Å². The fourth-order valence-electron chi connectivity index (χ4n) is 2.04. The third-order valence-corrected chi connectivity index (χ3v) is 3.24. The lowest BCUT2D eigenvalue weighted by Gasteiger charge is -2.20. The van der Waals surface area contributed by atoms with Crippen LogP contribution in [0.5, 0.6) is 0 Å². The molecule has 5 nitrogen and oxygen atoms in total. The van der Waals surface area contributed by atoms with E-state index in [2.05, 4.69) is 10.6 Å². The summed E-state index contributed by atoms with van der Waals surface area (Å²) in [5, 5.41) is 16.0. The number of hydrogen-bond acceptors (Lipinski definition) is 3. The fourth-order valence-corrected chi connectivity index (χ4v) is 2.04. The van der Waals surface area contributed by atoms with E-state index in [0.29, 0.717) is 5.56 Å². The molecule has 6 heteroatoms. The number of aliphatic carboxylic acids is 1. The van der Waals surface area contributed by atoms with Crippen LogP contribution in [0.3, 0.4) is 0 Å². The molecule has 2 amide bonds. The Morgan fingerprint density at radius 3 is 2.26 bits per heavy atom. The van der Waals surface area contributed by atoms with E-state index in [1.165, 1.54) is 24.3 Å². The molecule has 2 rings (SSSR count). The van der Waals surface area contributed by atoms with Gasteiger partial charge in [-0.1, -0.05) is 42.5 Å². The summed E-state index contributed by atoms with van der Waals surface area (Å²) in [5.41, 5.74) is 1.48. The Labute approximate surface area is 133 Å². The summed E-state index contributed by atoms with van der Waals surface area (Å²) in [6.07, 6.45) is 0.132. The van der Waals surface area contributed by atoms with E-state index in [1.54, 1.807) is 24.3 Å². The summed E-state index contributed by atoms with van der Waals surface area (Å²) in [6, 6.07) is 12.8. The molecule has 0 bridgehead atoms. The Balaban J connectivity index is 1.88. The van der Waals surface area contributed by atoms with E-state index in [9.17, 15) is 19.1 Å². The number of urea groups is 1. The average molecular weight is 315 g/mol. The van der Waals surface area contributed by atoms with Gasteiger partial charge >= 0.3 is 6.03 Å². The van der Waals surface area contributed by atoms with Gasteiger partial charge < -0.3 is 20.5 Å². The first-order valence-electron chi connectivity index (χ1n) is 7.08. The molecular formula is C17H16FN2O3-. The average Bonchev–Trinajstić information content (AvgIpc) is 2.54. The number of rotatable bonds is 6. The minimum absolute atomic E-state index is 0.132. The van der Waals surface area contributed by atoms with E-state index in [-0.39, 0.29) is 18.8 Å². The highest BCUT2D eigenvalue weighted by Gasteiger charge is 2.14. The highest BCUT2D eigenvalue weighted by Crippen LogP contribution is 2.04. The maximum atomic E-state index is 12.8. The summed E-state index contributed by atoms with van der Waals surface area (Å²) in [5.74, 6) is -1.72. The lowest BCUT2D eigenvalue weighted by molar-refractivity contribution is -0.308. The molecule has 0 unspecified atom stereocenters. The summed E-state index contributed by atoms with van der Waals surface area (Å²) in [7, 11) is 0. The zero-order valence-corrected chi connectivity index (χ0v) is 12.3. The molecule has 2 aromatic carbocycles. The van der Waals surface area contributed by atoms with Gasteiger partial charge in [-0.25, -0.2) is 9.18 Å². The van der Waals surface area contributed by atoms with Crippen molar-refractivity contribution in [3.8, 4) is 0 Å². The zero-order chi connectivity index (χ0) is 16.7. The molecular weight excluding hydrogens is 299 g/mol. The van der Waals surface area contributed by atoms with Crippen LogP contribution in [0.2, 0.25) is 0 Å². The summed E-state index contributed by atoms with van der Waals surface area (Å²) in [6.45, 7) is 0.164. The van der Waals surface area contributed by atoms with Crippen LogP contribution in [-0.4, -0.2) is 18.0 Å². The molecule has 0 aliphatic rings. The zero-order valence-electron chi connectivity index (χ0n) is 12.3. The molecule has 0 fully saturated rings. The van der Waals surface area contributed by atoms with Crippen molar-refractivity contribution in [2.24, 2.45) is 0 Å². The van der Waals surface area contributed by atoms with E-state index >= 15 is 0 Å². The molecule has 0 radical (unpaired) electrons.